The summed E-state index contributed by atoms with van der Waals surface area (Å²) in [5, 5.41) is 12.4. The van der Waals surface area contributed by atoms with E-state index in [2.05, 4.69) is 27.1 Å². The van der Waals surface area contributed by atoms with Crippen molar-refractivity contribution >= 4 is 40.0 Å². The Kier molecular flexibility index (Phi) is 7.36. The van der Waals surface area contributed by atoms with Crippen LogP contribution in [0, 0.1) is 0 Å². The molecular formula is C20H21N5O3S2. The number of thioether (sulfide) groups is 1. The SMILES string of the molecule is C=CCn1c(SCC(=O)Nc2sc(CC)cc2C(=O)OC)nnc1-c1cccnc1. The molecule has 0 aliphatic carbocycles. The average Bonchev–Trinajstić information content (AvgIpc) is 3.36. The van der Waals surface area contributed by atoms with Crippen LogP contribution in [0.2, 0.25) is 0 Å². The van der Waals surface area contributed by atoms with E-state index in [1.54, 1.807) is 24.5 Å². The molecule has 1 amide bonds. The van der Waals surface area contributed by atoms with Crippen LogP contribution in [0.5, 0.6) is 0 Å². The third-order valence-electron chi connectivity index (χ3n) is 4.07. The van der Waals surface area contributed by atoms with E-state index in [1.807, 2.05) is 23.6 Å². The number of aromatic nitrogens is 4. The lowest BCUT2D eigenvalue weighted by Crippen LogP contribution is -2.16. The summed E-state index contributed by atoms with van der Waals surface area (Å²) in [4.78, 5) is 29.6. The molecule has 8 nitrogen and oxygen atoms in total. The van der Waals surface area contributed by atoms with Crippen molar-refractivity contribution < 1.29 is 14.3 Å². The fraction of sp³-hybridized carbons (Fsp3) is 0.250. The minimum Gasteiger partial charge on any atom is -0.465 e. The number of nitrogens with one attached hydrogen (secondary N) is 1. The smallest absolute Gasteiger partial charge is 0.340 e. The lowest BCUT2D eigenvalue weighted by atomic mass is 10.2. The molecule has 156 valence electrons. The molecule has 0 saturated heterocycles. The fourth-order valence-corrected chi connectivity index (χ4v) is 4.41. The van der Waals surface area contributed by atoms with Gasteiger partial charge in [0.05, 0.1) is 18.4 Å². The predicted octanol–water partition coefficient (Wildman–Crippen LogP) is 3.67. The van der Waals surface area contributed by atoms with Crippen molar-refractivity contribution in [2.24, 2.45) is 0 Å². The molecule has 0 unspecified atom stereocenters. The third kappa shape index (κ3) is 4.95. The summed E-state index contributed by atoms with van der Waals surface area (Å²) < 4.78 is 6.69. The van der Waals surface area contributed by atoms with Gasteiger partial charge >= 0.3 is 5.97 Å². The maximum atomic E-state index is 12.5. The van der Waals surface area contributed by atoms with Gasteiger partial charge in [-0.1, -0.05) is 24.8 Å². The highest BCUT2D eigenvalue weighted by atomic mass is 32.2. The number of carbonyl (C=O) groups is 2. The summed E-state index contributed by atoms with van der Waals surface area (Å²) in [6, 6.07) is 5.47. The molecule has 30 heavy (non-hydrogen) atoms. The number of esters is 1. The number of pyridine rings is 1. The first-order valence-corrected chi connectivity index (χ1v) is 11.0. The van der Waals surface area contributed by atoms with E-state index in [0.717, 1.165) is 16.9 Å². The molecule has 0 fully saturated rings. The lowest BCUT2D eigenvalue weighted by molar-refractivity contribution is -0.113. The molecule has 3 aromatic rings. The van der Waals surface area contributed by atoms with E-state index in [-0.39, 0.29) is 11.7 Å². The molecule has 0 bridgehead atoms. The zero-order valence-corrected chi connectivity index (χ0v) is 18.3. The third-order valence-corrected chi connectivity index (χ3v) is 6.23. The Bertz CT molecular complexity index is 1050. The van der Waals surface area contributed by atoms with Crippen LogP contribution < -0.4 is 5.32 Å². The summed E-state index contributed by atoms with van der Waals surface area (Å²) in [7, 11) is 1.32. The zero-order valence-electron chi connectivity index (χ0n) is 16.6. The van der Waals surface area contributed by atoms with Crippen molar-refractivity contribution in [1.29, 1.82) is 0 Å². The number of methoxy groups -OCH3 is 1. The highest BCUT2D eigenvalue weighted by molar-refractivity contribution is 7.99. The quantitative estimate of drug-likeness (QED) is 0.306. The van der Waals surface area contributed by atoms with E-state index in [4.69, 9.17) is 4.74 Å². The molecule has 1 N–H and O–H groups in total. The van der Waals surface area contributed by atoms with Gasteiger partial charge in [-0.2, -0.15) is 0 Å². The fourth-order valence-electron chi connectivity index (χ4n) is 2.66. The number of hydrogen-bond acceptors (Lipinski definition) is 8. The molecular weight excluding hydrogens is 422 g/mol. The monoisotopic (exact) mass is 443 g/mol. The molecule has 0 aliphatic heterocycles. The number of aryl methyl sites for hydroxylation is 1. The van der Waals surface area contributed by atoms with Crippen molar-refractivity contribution in [2.45, 2.75) is 25.0 Å². The maximum Gasteiger partial charge on any atom is 0.340 e. The minimum atomic E-state index is -0.472. The van der Waals surface area contributed by atoms with E-state index >= 15 is 0 Å². The normalized spacial score (nSPS) is 10.6. The molecule has 10 heteroatoms. The zero-order chi connectivity index (χ0) is 21.5. The molecule has 3 aromatic heterocycles. The van der Waals surface area contributed by atoms with Crippen LogP contribution in [0.25, 0.3) is 11.4 Å². The van der Waals surface area contributed by atoms with E-state index < -0.39 is 5.97 Å². The van der Waals surface area contributed by atoms with Crippen LogP contribution in [-0.2, 0) is 22.5 Å². The predicted molar refractivity (Wildman–Crippen MR) is 118 cm³/mol. The Morgan fingerprint density at radius 2 is 2.23 bits per heavy atom. The summed E-state index contributed by atoms with van der Waals surface area (Å²) in [6.45, 7) is 6.27. The number of rotatable bonds is 9. The standard InChI is InChI=1S/C20H21N5O3S2/c1-4-9-25-17(13-7-6-8-21-11-13)23-24-20(25)29-12-16(26)22-18-15(19(27)28-3)10-14(5-2)30-18/h4,6-8,10-11H,1,5,9,12H2,2-3H3,(H,22,26). The van der Waals surface area contributed by atoms with Crippen molar-refractivity contribution in [1.82, 2.24) is 19.7 Å². The molecule has 3 rings (SSSR count). The number of amides is 1. The highest BCUT2D eigenvalue weighted by Gasteiger charge is 2.19. The van der Waals surface area contributed by atoms with Gasteiger partial charge in [0.2, 0.25) is 5.91 Å². The van der Waals surface area contributed by atoms with E-state index in [9.17, 15) is 9.59 Å². The average molecular weight is 444 g/mol. The van der Waals surface area contributed by atoms with Crippen LogP contribution in [0.1, 0.15) is 22.2 Å². The molecule has 0 spiro atoms. The second-order valence-corrected chi connectivity index (χ2v) is 8.16. The van der Waals surface area contributed by atoms with Crippen LogP contribution in [0.4, 0.5) is 5.00 Å². The first kappa shape index (κ1) is 21.7. The minimum absolute atomic E-state index is 0.113. The van der Waals surface area contributed by atoms with Gasteiger partial charge in [0.1, 0.15) is 5.00 Å². The molecule has 3 heterocycles. The maximum absolute atomic E-state index is 12.5. The lowest BCUT2D eigenvalue weighted by Gasteiger charge is -2.08. The summed E-state index contributed by atoms with van der Waals surface area (Å²) in [6.07, 6.45) is 5.91. The number of hydrogen-bond donors (Lipinski definition) is 1. The molecule has 0 saturated carbocycles. The largest absolute Gasteiger partial charge is 0.465 e. The first-order chi connectivity index (χ1) is 14.6. The number of ether oxygens (including phenoxy) is 1. The van der Waals surface area contributed by atoms with Crippen LogP contribution in [0.15, 0.2) is 48.4 Å². The second-order valence-electron chi connectivity index (χ2n) is 6.08. The van der Waals surface area contributed by atoms with Gasteiger partial charge in [0.15, 0.2) is 11.0 Å². The van der Waals surface area contributed by atoms with Crippen LogP contribution in [-0.4, -0.2) is 44.5 Å². The number of carbonyl (C=O) groups excluding carboxylic acids is 2. The molecule has 0 aromatic carbocycles. The second kappa shape index (κ2) is 10.2. The Labute approximate surface area is 182 Å². The van der Waals surface area contributed by atoms with Gasteiger partial charge in [0.25, 0.3) is 0 Å². The topological polar surface area (TPSA) is 99.0 Å². The Morgan fingerprint density at radius 3 is 2.90 bits per heavy atom. The molecule has 0 radical (unpaired) electrons. The number of thiophene rings is 1. The van der Waals surface area contributed by atoms with Gasteiger partial charge in [-0.3, -0.25) is 14.3 Å². The summed E-state index contributed by atoms with van der Waals surface area (Å²) >= 11 is 2.63. The van der Waals surface area contributed by atoms with Gasteiger partial charge < -0.3 is 10.1 Å². The van der Waals surface area contributed by atoms with Crippen molar-refractivity contribution in [3.05, 3.63) is 53.7 Å². The Balaban J connectivity index is 1.73. The highest BCUT2D eigenvalue weighted by Crippen LogP contribution is 2.30. The number of nitrogens with zero attached hydrogens (tertiary/aromatic N) is 4. The van der Waals surface area contributed by atoms with Crippen molar-refractivity contribution in [2.75, 3.05) is 18.2 Å². The van der Waals surface area contributed by atoms with Crippen molar-refractivity contribution in [3.8, 4) is 11.4 Å². The van der Waals surface area contributed by atoms with E-state index in [1.165, 1.54) is 30.2 Å². The van der Waals surface area contributed by atoms with Crippen molar-refractivity contribution in [3.63, 3.8) is 0 Å². The van der Waals surface area contributed by atoms with E-state index in [0.29, 0.717) is 28.1 Å². The van der Waals surface area contributed by atoms with Gasteiger partial charge in [-0.05, 0) is 24.6 Å². The Morgan fingerprint density at radius 1 is 1.40 bits per heavy atom. The summed E-state index contributed by atoms with van der Waals surface area (Å²) in [5.74, 6) is 0.0543. The van der Waals surface area contributed by atoms with Gasteiger partial charge in [-0.15, -0.1) is 28.1 Å². The van der Waals surface area contributed by atoms with Gasteiger partial charge in [-0.25, -0.2) is 4.79 Å². The number of allylic oxidation sites excluding steroid dienone is 1. The van der Waals surface area contributed by atoms with Crippen LogP contribution >= 0.6 is 23.1 Å². The molecule has 0 aliphatic rings. The molecule has 0 atom stereocenters. The van der Waals surface area contributed by atoms with Crippen LogP contribution in [0.3, 0.4) is 0 Å². The number of anilines is 1. The first-order valence-electron chi connectivity index (χ1n) is 9.15. The van der Waals surface area contributed by atoms with Gasteiger partial charge in [0, 0.05) is 29.4 Å². The summed E-state index contributed by atoms with van der Waals surface area (Å²) in [5.41, 5.74) is 1.20. The Hall–Kier alpha value is -2.98.